The zero-order valence-electron chi connectivity index (χ0n) is 8.21. The van der Waals surface area contributed by atoms with Crippen molar-refractivity contribution < 1.29 is 0 Å². The van der Waals surface area contributed by atoms with Crippen molar-refractivity contribution in [1.82, 2.24) is 4.98 Å². The van der Waals surface area contributed by atoms with Crippen molar-refractivity contribution in [2.75, 3.05) is 0 Å². The van der Waals surface area contributed by atoms with Crippen LogP contribution < -0.4 is 0 Å². The maximum atomic E-state index is 8.84. The van der Waals surface area contributed by atoms with E-state index in [0.29, 0.717) is 10.6 Å². The first kappa shape index (κ1) is 9.82. The molecule has 2 nitrogen and oxygen atoms in total. The molecule has 1 aromatic heterocycles. The molecule has 2 aromatic rings. The Hall–Kier alpha value is -1.72. The SMILES string of the molecule is Cc1[nH]c(-c2cccc(Cl)c2)cc1C#N. The summed E-state index contributed by atoms with van der Waals surface area (Å²) in [5.74, 6) is 0. The standard InChI is InChI=1S/C12H9ClN2/c1-8-10(7-14)6-12(15-8)9-3-2-4-11(13)5-9/h2-6,15H,1H3. The topological polar surface area (TPSA) is 39.6 Å². The molecule has 0 unspecified atom stereocenters. The molecule has 0 amide bonds. The van der Waals surface area contributed by atoms with E-state index in [4.69, 9.17) is 16.9 Å². The molecule has 2 rings (SSSR count). The molecule has 0 radical (unpaired) electrons. The van der Waals surface area contributed by atoms with Crippen LogP contribution in [0.3, 0.4) is 0 Å². The van der Waals surface area contributed by atoms with Crippen molar-refractivity contribution in [2.45, 2.75) is 6.92 Å². The highest BCUT2D eigenvalue weighted by Gasteiger charge is 2.05. The molecule has 15 heavy (non-hydrogen) atoms. The maximum absolute atomic E-state index is 8.84. The molecule has 0 saturated heterocycles. The van der Waals surface area contributed by atoms with Gasteiger partial charge in [-0.25, -0.2) is 0 Å². The normalized spacial score (nSPS) is 9.93. The van der Waals surface area contributed by atoms with Crippen LogP contribution in [0.5, 0.6) is 0 Å². The minimum atomic E-state index is 0.671. The third-order valence-corrected chi connectivity index (χ3v) is 2.51. The highest BCUT2D eigenvalue weighted by molar-refractivity contribution is 6.30. The smallest absolute Gasteiger partial charge is 0.101 e. The molecule has 0 fully saturated rings. The van der Waals surface area contributed by atoms with Crippen molar-refractivity contribution >= 4 is 11.6 Å². The third-order valence-electron chi connectivity index (χ3n) is 2.27. The predicted octanol–water partition coefficient (Wildman–Crippen LogP) is 3.52. The van der Waals surface area contributed by atoms with Crippen LogP contribution in [0.4, 0.5) is 0 Å². The molecule has 74 valence electrons. The maximum Gasteiger partial charge on any atom is 0.101 e. The van der Waals surface area contributed by atoms with Crippen LogP contribution in [0, 0.1) is 18.3 Å². The number of nitrogens with zero attached hydrogens (tertiary/aromatic N) is 1. The summed E-state index contributed by atoms with van der Waals surface area (Å²) in [6, 6.07) is 11.5. The Morgan fingerprint density at radius 1 is 1.33 bits per heavy atom. The number of nitrogens with one attached hydrogen (secondary N) is 1. The first-order valence-corrected chi connectivity index (χ1v) is 4.94. The van der Waals surface area contributed by atoms with E-state index in [1.54, 1.807) is 0 Å². The number of halogens is 1. The number of benzene rings is 1. The highest BCUT2D eigenvalue weighted by Crippen LogP contribution is 2.23. The van der Waals surface area contributed by atoms with Crippen molar-refractivity contribution in [3.63, 3.8) is 0 Å². The van der Waals surface area contributed by atoms with Gasteiger partial charge in [0.25, 0.3) is 0 Å². The Morgan fingerprint density at radius 2 is 2.13 bits per heavy atom. The lowest BCUT2D eigenvalue weighted by Gasteiger charge is -1.97. The Morgan fingerprint density at radius 3 is 2.73 bits per heavy atom. The lowest BCUT2D eigenvalue weighted by atomic mass is 10.1. The summed E-state index contributed by atoms with van der Waals surface area (Å²) in [7, 11) is 0. The Kier molecular flexibility index (Phi) is 2.49. The van der Waals surface area contributed by atoms with E-state index in [1.807, 2.05) is 37.3 Å². The first-order valence-electron chi connectivity index (χ1n) is 4.56. The zero-order chi connectivity index (χ0) is 10.8. The van der Waals surface area contributed by atoms with Gasteiger partial charge in [0.15, 0.2) is 0 Å². The molecule has 0 spiro atoms. The average molecular weight is 217 g/mol. The van der Waals surface area contributed by atoms with E-state index in [0.717, 1.165) is 17.0 Å². The van der Waals surface area contributed by atoms with E-state index in [1.165, 1.54) is 0 Å². The van der Waals surface area contributed by atoms with Gasteiger partial charge < -0.3 is 4.98 Å². The number of aromatic nitrogens is 1. The fourth-order valence-corrected chi connectivity index (χ4v) is 1.68. The van der Waals surface area contributed by atoms with Crippen LogP contribution in [0.1, 0.15) is 11.3 Å². The lowest BCUT2D eigenvalue weighted by molar-refractivity contribution is 1.25. The van der Waals surface area contributed by atoms with Gasteiger partial charge in [-0.1, -0.05) is 23.7 Å². The van der Waals surface area contributed by atoms with E-state index >= 15 is 0 Å². The van der Waals surface area contributed by atoms with Crippen molar-refractivity contribution in [2.24, 2.45) is 0 Å². The van der Waals surface area contributed by atoms with Crippen LogP contribution in [0.2, 0.25) is 5.02 Å². The largest absolute Gasteiger partial charge is 0.358 e. The minimum absolute atomic E-state index is 0.671. The van der Waals surface area contributed by atoms with Crippen molar-refractivity contribution in [3.8, 4) is 17.3 Å². The number of aryl methyl sites for hydroxylation is 1. The number of H-pyrrole nitrogens is 1. The van der Waals surface area contributed by atoms with Gasteiger partial charge in [0.05, 0.1) is 5.56 Å². The third kappa shape index (κ3) is 1.88. The quantitative estimate of drug-likeness (QED) is 0.779. The Bertz CT molecular complexity index is 535. The minimum Gasteiger partial charge on any atom is -0.358 e. The Balaban J connectivity index is 2.51. The molecule has 0 atom stereocenters. The number of rotatable bonds is 1. The molecule has 1 N–H and O–H groups in total. The van der Waals surface area contributed by atoms with E-state index in [9.17, 15) is 0 Å². The molecule has 1 aromatic carbocycles. The van der Waals surface area contributed by atoms with Gasteiger partial charge in [0, 0.05) is 16.4 Å². The second kappa shape index (κ2) is 3.80. The number of nitriles is 1. The van der Waals surface area contributed by atoms with Gasteiger partial charge >= 0.3 is 0 Å². The molecule has 0 aliphatic carbocycles. The van der Waals surface area contributed by atoms with Crippen LogP contribution in [-0.4, -0.2) is 4.98 Å². The Labute approximate surface area is 93.1 Å². The summed E-state index contributed by atoms with van der Waals surface area (Å²) in [5, 5.41) is 9.53. The summed E-state index contributed by atoms with van der Waals surface area (Å²) in [5.41, 5.74) is 3.47. The van der Waals surface area contributed by atoms with Crippen LogP contribution in [-0.2, 0) is 0 Å². The molecule has 0 aliphatic heterocycles. The van der Waals surface area contributed by atoms with Gasteiger partial charge in [-0.05, 0) is 30.7 Å². The first-order chi connectivity index (χ1) is 7.20. The van der Waals surface area contributed by atoms with Gasteiger partial charge in [-0.2, -0.15) is 5.26 Å². The van der Waals surface area contributed by atoms with Crippen molar-refractivity contribution in [3.05, 3.63) is 46.6 Å². The molecule has 0 aliphatic rings. The predicted molar refractivity (Wildman–Crippen MR) is 60.7 cm³/mol. The zero-order valence-corrected chi connectivity index (χ0v) is 8.97. The molecular weight excluding hydrogens is 208 g/mol. The van der Waals surface area contributed by atoms with Crippen molar-refractivity contribution in [1.29, 1.82) is 5.26 Å². The second-order valence-electron chi connectivity index (χ2n) is 3.34. The van der Waals surface area contributed by atoms with Crippen LogP contribution in [0.15, 0.2) is 30.3 Å². The van der Waals surface area contributed by atoms with E-state index in [-0.39, 0.29) is 0 Å². The average Bonchev–Trinajstić information content (AvgIpc) is 2.60. The van der Waals surface area contributed by atoms with Crippen LogP contribution >= 0.6 is 11.6 Å². The summed E-state index contributed by atoms with van der Waals surface area (Å²) < 4.78 is 0. The molecular formula is C12H9ClN2. The number of hydrogen-bond donors (Lipinski definition) is 1. The second-order valence-corrected chi connectivity index (χ2v) is 3.78. The molecule has 0 bridgehead atoms. The highest BCUT2D eigenvalue weighted by atomic mass is 35.5. The number of aromatic amines is 1. The fourth-order valence-electron chi connectivity index (χ4n) is 1.49. The molecule has 0 saturated carbocycles. The van der Waals surface area contributed by atoms with Gasteiger partial charge in [-0.3, -0.25) is 0 Å². The van der Waals surface area contributed by atoms with Gasteiger partial charge in [0.2, 0.25) is 0 Å². The fraction of sp³-hybridized carbons (Fsp3) is 0.0833. The van der Waals surface area contributed by atoms with Crippen LogP contribution in [0.25, 0.3) is 11.3 Å². The number of hydrogen-bond acceptors (Lipinski definition) is 1. The monoisotopic (exact) mass is 216 g/mol. The summed E-state index contributed by atoms with van der Waals surface area (Å²) in [4.78, 5) is 3.16. The summed E-state index contributed by atoms with van der Waals surface area (Å²) >= 11 is 5.90. The summed E-state index contributed by atoms with van der Waals surface area (Å²) in [6.07, 6.45) is 0. The lowest BCUT2D eigenvalue weighted by Crippen LogP contribution is -1.77. The van der Waals surface area contributed by atoms with E-state index in [2.05, 4.69) is 11.1 Å². The summed E-state index contributed by atoms with van der Waals surface area (Å²) in [6.45, 7) is 1.88. The van der Waals surface area contributed by atoms with Gasteiger partial charge in [-0.15, -0.1) is 0 Å². The van der Waals surface area contributed by atoms with E-state index < -0.39 is 0 Å². The molecule has 1 heterocycles. The van der Waals surface area contributed by atoms with Gasteiger partial charge in [0.1, 0.15) is 6.07 Å². The molecule has 3 heteroatoms.